The molecule has 0 aliphatic carbocycles. The van der Waals surface area contributed by atoms with Gasteiger partial charge in [0.2, 0.25) is 5.91 Å². The van der Waals surface area contributed by atoms with E-state index in [1.165, 1.54) is 0 Å². The maximum absolute atomic E-state index is 13.7. The monoisotopic (exact) mass is 550 g/mol. The molecule has 36 heavy (non-hydrogen) atoms. The molecule has 0 spiro atoms. The number of rotatable bonds is 11. The molecule has 0 aliphatic heterocycles. The zero-order valence-electron chi connectivity index (χ0n) is 21.5. The Morgan fingerprint density at radius 3 is 2.33 bits per heavy atom. The molecule has 0 unspecified atom stereocenters. The van der Waals surface area contributed by atoms with Crippen LogP contribution in [0.3, 0.4) is 0 Å². The lowest BCUT2D eigenvalue weighted by molar-refractivity contribution is -0.143. The van der Waals surface area contributed by atoms with Crippen molar-refractivity contribution in [1.29, 1.82) is 0 Å². The van der Waals surface area contributed by atoms with E-state index in [-0.39, 0.29) is 24.5 Å². The minimum absolute atomic E-state index is 0.00611. The van der Waals surface area contributed by atoms with Crippen molar-refractivity contribution < 1.29 is 14.3 Å². The van der Waals surface area contributed by atoms with Crippen LogP contribution in [-0.4, -0.2) is 35.4 Å². The molecular weight excluding hydrogens is 516 g/mol. The average Bonchev–Trinajstić information content (AvgIpc) is 2.88. The van der Waals surface area contributed by atoms with Gasteiger partial charge in [-0.2, -0.15) is 0 Å². The van der Waals surface area contributed by atoms with E-state index in [9.17, 15) is 9.59 Å². The van der Waals surface area contributed by atoms with E-state index in [1.807, 2.05) is 100 Å². The van der Waals surface area contributed by atoms with Gasteiger partial charge in [0.05, 0.1) is 0 Å². The molecule has 0 radical (unpaired) electrons. The minimum atomic E-state index is -0.681. The van der Waals surface area contributed by atoms with Gasteiger partial charge in [-0.3, -0.25) is 9.59 Å². The van der Waals surface area contributed by atoms with Gasteiger partial charge >= 0.3 is 0 Å². The number of aryl methyl sites for hydroxylation is 2. The first kappa shape index (κ1) is 27.5. The Morgan fingerprint density at radius 2 is 1.67 bits per heavy atom. The molecule has 0 aromatic heterocycles. The summed E-state index contributed by atoms with van der Waals surface area (Å²) in [6.45, 7) is 8.10. The first-order valence-electron chi connectivity index (χ1n) is 12.3. The highest BCUT2D eigenvalue weighted by atomic mass is 79.9. The summed E-state index contributed by atoms with van der Waals surface area (Å²) in [7, 11) is 0. The molecule has 2 atom stereocenters. The highest BCUT2D eigenvalue weighted by molar-refractivity contribution is 9.10. The predicted molar refractivity (Wildman–Crippen MR) is 148 cm³/mol. The number of carbonyl (C=O) groups is 2. The Hall–Kier alpha value is -3.12. The predicted octanol–water partition coefficient (Wildman–Crippen LogP) is 6.00. The van der Waals surface area contributed by atoms with Crippen molar-refractivity contribution in [3.8, 4) is 5.75 Å². The lowest BCUT2D eigenvalue weighted by Gasteiger charge is -2.32. The number of benzene rings is 3. The normalized spacial score (nSPS) is 12.5. The molecule has 1 N–H and O–H groups in total. The summed E-state index contributed by atoms with van der Waals surface area (Å²) in [5.41, 5.74) is 3.95. The third-order valence-electron chi connectivity index (χ3n) is 6.23. The van der Waals surface area contributed by atoms with Crippen molar-refractivity contribution in [3.05, 3.63) is 99.5 Å². The van der Waals surface area contributed by atoms with Crippen molar-refractivity contribution in [3.63, 3.8) is 0 Å². The Morgan fingerprint density at radius 1 is 0.972 bits per heavy atom. The van der Waals surface area contributed by atoms with Crippen LogP contribution in [0.2, 0.25) is 0 Å². The van der Waals surface area contributed by atoms with Crippen LogP contribution in [0, 0.1) is 13.8 Å². The summed E-state index contributed by atoms with van der Waals surface area (Å²) >= 11 is 3.47. The Labute approximate surface area is 223 Å². The quantitative estimate of drug-likeness (QED) is 0.318. The number of amides is 2. The lowest BCUT2D eigenvalue weighted by Crippen LogP contribution is -2.53. The Bertz CT molecular complexity index is 1150. The highest BCUT2D eigenvalue weighted by Gasteiger charge is 2.31. The van der Waals surface area contributed by atoms with E-state index in [0.717, 1.165) is 33.1 Å². The Kier molecular flexibility index (Phi) is 10.1. The highest BCUT2D eigenvalue weighted by Crippen LogP contribution is 2.21. The van der Waals surface area contributed by atoms with Crippen molar-refractivity contribution in [2.75, 3.05) is 6.61 Å². The minimum Gasteiger partial charge on any atom is -0.483 e. The summed E-state index contributed by atoms with van der Waals surface area (Å²) < 4.78 is 6.93. The number of halogens is 1. The fourth-order valence-corrected chi connectivity index (χ4v) is 4.13. The molecule has 0 saturated heterocycles. The van der Waals surface area contributed by atoms with Crippen LogP contribution in [0.1, 0.15) is 42.5 Å². The fourth-order valence-electron chi connectivity index (χ4n) is 3.87. The molecule has 0 bridgehead atoms. The van der Waals surface area contributed by atoms with E-state index in [0.29, 0.717) is 18.7 Å². The van der Waals surface area contributed by atoms with Crippen LogP contribution in [0.15, 0.2) is 77.3 Å². The molecule has 6 heteroatoms. The third-order valence-corrected chi connectivity index (χ3v) is 6.76. The maximum Gasteiger partial charge on any atom is 0.261 e. The zero-order chi connectivity index (χ0) is 26.1. The molecule has 190 valence electrons. The second-order valence-corrected chi connectivity index (χ2v) is 10.1. The van der Waals surface area contributed by atoms with Gasteiger partial charge in [0.15, 0.2) is 6.61 Å². The standard InChI is InChI=1S/C30H35BrN2O3/c1-5-23(4)32-30(35)27(18-24-9-7-6-8-10-24)33(19-25-13-15-26(31)16-14-25)29(34)20-36-28-17-21(2)11-12-22(28)3/h6-17,23,27H,5,18-20H2,1-4H3,(H,32,35)/t23-,27-/m0/s1. The van der Waals surface area contributed by atoms with Gasteiger partial charge in [-0.1, -0.05) is 77.5 Å². The van der Waals surface area contributed by atoms with E-state index in [4.69, 9.17) is 4.74 Å². The second kappa shape index (κ2) is 13.3. The van der Waals surface area contributed by atoms with Gasteiger partial charge in [-0.25, -0.2) is 0 Å². The molecule has 2 amide bonds. The van der Waals surface area contributed by atoms with E-state index in [2.05, 4.69) is 21.2 Å². The van der Waals surface area contributed by atoms with Crippen LogP contribution in [0.5, 0.6) is 5.75 Å². The van der Waals surface area contributed by atoms with Crippen LogP contribution < -0.4 is 10.1 Å². The summed E-state index contributed by atoms with van der Waals surface area (Å²) in [6, 6.07) is 22.9. The van der Waals surface area contributed by atoms with Crippen molar-refractivity contribution in [2.24, 2.45) is 0 Å². The molecule has 0 heterocycles. The number of carbonyl (C=O) groups excluding carboxylic acids is 2. The molecule has 0 aliphatic rings. The summed E-state index contributed by atoms with van der Waals surface area (Å²) in [5.74, 6) is 0.278. The van der Waals surface area contributed by atoms with Gasteiger partial charge in [0.25, 0.3) is 5.91 Å². The van der Waals surface area contributed by atoms with Gasteiger partial charge in [-0.15, -0.1) is 0 Å². The van der Waals surface area contributed by atoms with Crippen LogP contribution in [-0.2, 0) is 22.6 Å². The smallest absolute Gasteiger partial charge is 0.261 e. The number of hydrogen-bond donors (Lipinski definition) is 1. The van der Waals surface area contributed by atoms with Crippen LogP contribution in [0.25, 0.3) is 0 Å². The van der Waals surface area contributed by atoms with Gasteiger partial charge in [0.1, 0.15) is 11.8 Å². The van der Waals surface area contributed by atoms with Crippen LogP contribution in [0.4, 0.5) is 0 Å². The van der Waals surface area contributed by atoms with Gasteiger partial charge in [0, 0.05) is 23.5 Å². The Balaban J connectivity index is 1.92. The van der Waals surface area contributed by atoms with Crippen molar-refractivity contribution in [1.82, 2.24) is 10.2 Å². The lowest BCUT2D eigenvalue weighted by atomic mass is 10.0. The molecule has 5 nitrogen and oxygen atoms in total. The maximum atomic E-state index is 13.7. The molecule has 3 rings (SSSR count). The van der Waals surface area contributed by atoms with Gasteiger partial charge in [-0.05, 0) is 67.6 Å². The first-order valence-corrected chi connectivity index (χ1v) is 13.1. The van der Waals surface area contributed by atoms with E-state index < -0.39 is 6.04 Å². The number of nitrogens with one attached hydrogen (secondary N) is 1. The molecular formula is C30H35BrN2O3. The third kappa shape index (κ3) is 7.95. The molecule has 0 fully saturated rings. The molecule has 3 aromatic carbocycles. The SMILES string of the molecule is CC[C@H](C)NC(=O)[C@H](Cc1ccccc1)N(Cc1ccc(Br)cc1)C(=O)COc1cc(C)ccc1C. The average molecular weight is 552 g/mol. The van der Waals surface area contributed by atoms with Gasteiger partial charge < -0.3 is 15.0 Å². The zero-order valence-corrected chi connectivity index (χ0v) is 23.0. The number of hydrogen-bond acceptors (Lipinski definition) is 3. The summed E-state index contributed by atoms with van der Waals surface area (Å²) in [4.78, 5) is 28.9. The number of nitrogens with zero attached hydrogens (tertiary/aromatic N) is 1. The number of ether oxygens (including phenoxy) is 1. The van der Waals surface area contributed by atoms with Crippen molar-refractivity contribution in [2.45, 2.75) is 59.2 Å². The largest absolute Gasteiger partial charge is 0.483 e. The van der Waals surface area contributed by atoms with Crippen LogP contribution >= 0.6 is 15.9 Å². The molecule has 0 saturated carbocycles. The first-order chi connectivity index (χ1) is 17.3. The fraction of sp³-hybridized carbons (Fsp3) is 0.333. The summed E-state index contributed by atoms with van der Waals surface area (Å²) in [6.07, 6.45) is 1.22. The van der Waals surface area contributed by atoms with E-state index >= 15 is 0 Å². The summed E-state index contributed by atoms with van der Waals surface area (Å²) in [5, 5.41) is 3.09. The van der Waals surface area contributed by atoms with Crippen molar-refractivity contribution >= 4 is 27.7 Å². The molecule has 3 aromatic rings. The second-order valence-electron chi connectivity index (χ2n) is 9.23. The topological polar surface area (TPSA) is 58.6 Å². The van der Waals surface area contributed by atoms with E-state index in [1.54, 1.807) is 4.90 Å².